The Morgan fingerprint density at radius 3 is 2.70 bits per heavy atom. The molecular weight excluding hydrogens is 283 g/mol. The summed E-state index contributed by atoms with van der Waals surface area (Å²) in [6.45, 7) is 1.52. The number of benzene rings is 1. The third kappa shape index (κ3) is 1.88. The maximum absolute atomic E-state index is 13.1. The first-order valence-electron chi connectivity index (χ1n) is 6.52. The summed E-state index contributed by atoms with van der Waals surface area (Å²) in [5.74, 6) is 0.943. The number of halogens is 1. The van der Waals surface area contributed by atoms with E-state index in [0.29, 0.717) is 34.5 Å². The van der Waals surface area contributed by atoms with Crippen molar-refractivity contribution >= 4 is 27.0 Å². The molecule has 0 saturated carbocycles. The van der Waals surface area contributed by atoms with Crippen molar-refractivity contribution < 1.29 is 17.2 Å². The zero-order valence-corrected chi connectivity index (χ0v) is 11.4. The van der Waals surface area contributed by atoms with Gasteiger partial charge in [0.2, 0.25) is 0 Å². The fourth-order valence-electron chi connectivity index (χ4n) is 2.86. The smallest absolute Gasteiger partial charge is 0.298 e. The minimum atomic E-state index is -2.76. The molecule has 20 heavy (non-hydrogen) atoms. The quantitative estimate of drug-likeness (QED) is 0.839. The Bertz CT molecular complexity index is 768. The predicted octanol–water partition coefficient (Wildman–Crippen LogP) is 1.45. The summed E-state index contributed by atoms with van der Waals surface area (Å²) in [7, 11) is -2.76. The fourth-order valence-corrected chi connectivity index (χ4v) is 4.62. The molecule has 7 heteroatoms. The topological polar surface area (TPSA) is 63.4 Å². The molecule has 2 saturated heterocycles. The van der Waals surface area contributed by atoms with Gasteiger partial charge >= 0.3 is 0 Å². The predicted molar refractivity (Wildman–Crippen MR) is 71.8 cm³/mol. The summed E-state index contributed by atoms with van der Waals surface area (Å²) in [6, 6.07) is 4.76. The van der Waals surface area contributed by atoms with Gasteiger partial charge in [-0.2, -0.15) is 4.98 Å². The van der Waals surface area contributed by atoms with Crippen LogP contribution in [0.15, 0.2) is 22.6 Å². The van der Waals surface area contributed by atoms with Crippen molar-refractivity contribution in [3.63, 3.8) is 0 Å². The monoisotopic (exact) mass is 296 g/mol. The van der Waals surface area contributed by atoms with E-state index in [1.54, 1.807) is 6.07 Å². The summed E-state index contributed by atoms with van der Waals surface area (Å²) in [6.07, 6.45) is 0. The van der Waals surface area contributed by atoms with Gasteiger partial charge in [0.15, 0.2) is 15.4 Å². The molecule has 0 N–H and O–H groups in total. The molecule has 2 aliphatic rings. The molecule has 1 aromatic carbocycles. The number of aromatic nitrogens is 1. The lowest BCUT2D eigenvalue weighted by Gasteiger charge is -2.45. The molecule has 0 spiro atoms. The van der Waals surface area contributed by atoms with Crippen LogP contribution in [0.1, 0.15) is 0 Å². The van der Waals surface area contributed by atoms with Gasteiger partial charge in [0, 0.05) is 19.2 Å². The maximum atomic E-state index is 13.1. The van der Waals surface area contributed by atoms with Gasteiger partial charge in [0.1, 0.15) is 11.3 Å². The lowest BCUT2D eigenvalue weighted by atomic mass is 9.88. The van der Waals surface area contributed by atoms with Crippen LogP contribution >= 0.6 is 0 Å². The Kier molecular flexibility index (Phi) is 2.39. The van der Waals surface area contributed by atoms with Crippen LogP contribution in [0.3, 0.4) is 0 Å². The number of oxazole rings is 1. The van der Waals surface area contributed by atoms with E-state index in [1.807, 2.05) is 4.90 Å². The van der Waals surface area contributed by atoms with E-state index in [-0.39, 0.29) is 11.7 Å². The number of anilines is 1. The van der Waals surface area contributed by atoms with E-state index in [2.05, 4.69) is 4.98 Å². The minimum Gasteiger partial charge on any atom is -0.423 e. The summed E-state index contributed by atoms with van der Waals surface area (Å²) in [4.78, 5) is 6.28. The highest BCUT2D eigenvalue weighted by atomic mass is 32.2. The Labute approximate surface area is 115 Å². The van der Waals surface area contributed by atoms with Gasteiger partial charge in [-0.1, -0.05) is 0 Å². The minimum absolute atomic E-state index is 0.276. The highest BCUT2D eigenvalue weighted by molar-refractivity contribution is 7.92. The van der Waals surface area contributed by atoms with Gasteiger partial charge in [-0.05, 0) is 24.0 Å². The molecule has 2 aromatic rings. The lowest BCUT2D eigenvalue weighted by molar-refractivity contribution is 0.283. The SMILES string of the molecule is O=S1(=O)CC(C2CN(c3nc4ccc(F)cc4o3)C2)C1. The first-order chi connectivity index (χ1) is 9.50. The van der Waals surface area contributed by atoms with Crippen LogP contribution in [0.25, 0.3) is 11.1 Å². The lowest BCUT2D eigenvalue weighted by Crippen LogP contribution is -2.56. The van der Waals surface area contributed by atoms with Crippen molar-refractivity contribution in [1.82, 2.24) is 4.98 Å². The van der Waals surface area contributed by atoms with Gasteiger partial charge in [-0.15, -0.1) is 0 Å². The van der Waals surface area contributed by atoms with Crippen molar-refractivity contribution in [2.24, 2.45) is 11.8 Å². The third-order valence-electron chi connectivity index (χ3n) is 4.12. The van der Waals surface area contributed by atoms with Crippen molar-refractivity contribution in [3.05, 3.63) is 24.0 Å². The second-order valence-corrected chi connectivity index (χ2v) is 7.76. The standard InChI is InChI=1S/C13H13FN2O3S/c14-10-1-2-11-12(3-10)19-13(15-11)16-4-8(5-16)9-6-20(17,18)7-9/h1-3,8-9H,4-7H2. The van der Waals surface area contributed by atoms with E-state index in [4.69, 9.17) is 4.42 Å². The number of hydrogen-bond acceptors (Lipinski definition) is 5. The van der Waals surface area contributed by atoms with Crippen molar-refractivity contribution in [1.29, 1.82) is 0 Å². The summed E-state index contributed by atoms with van der Waals surface area (Å²) in [5.41, 5.74) is 1.07. The van der Waals surface area contributed by atoms with E-state index in [9.17, 15) is 12.8 Å². The second kappa shape index (κ2) is 3.94. The van der Waals surface area contributed by atoms with Gasteiger partial charge in [-0.25, -0.2) is 12.8 Å². The van der Waals surface area contributed by atoms with Crippen LogP contribution in [0.4, 0.5) is 10.4 Å². The average molecular weight is 296 g/mol. The highest BCUT2D eigenvalue weighted by Crippen LogP contribution is 2.35. The van der Waals surface area contributed by atoms with Gasteiger partial charge < -0.3 is 9.32 Å². The second-order valence-electron chi connectivity index (χ2n) is 5.61. The van der Waals surface area contributed by atoms with E-state index in [1.165, 1.54) is 12.1 Å². The molecule has 3 heterocycles. The third-order valence-corrected chi connectivity index (χ3v) is 5.99. The van der Waals surface area contributed by atoms with Gasteiger partial charge in [0.05, 0.1) is 11.5 Å². The molecule has 0 amide bonds. The molecule has 0 aliphatic carbocycles. The summed E-state index contributed by atoms with van der Waals surface area (Å²) >= 11 is 0. The maximum Gasteiger partial charge on any atom is 0.298 e. The van der Waals surface area contributed by atoms with E-state index < -0.39 is 9.84 Å². The molecule has 106 valence electrons. The Hall–Kier alpha value is -1.63. The first-order valence-corrected chi connectivity index (χ1v) is 8.34. The average Bonchev–Trinajstić information content (AvgIpc) is 2.66. The van der Waals surface area contributed by atoms with E-state index >= 15 is 0 Å². The largest absolute Gasteiger partial charge is 0.423 e. The molecule has 0 unspecified atom stereocenters. The molecule has 0 atom stereocenters. The van der Waals surface area contributed by atoms with Crippen LogP contribution in [-0.2, 0) is 9.84 Å². The van der Waals surface area contributed by atoms with Crippen LogP contribution in [-0.4, -0.2) is 38.0 Å². The number of hydrogen-bond donors (Lipinski definition) is 0. The molecule has 2 aliphatic heterocycles. The number of rotatable bonds is 2. The molecular formula is C13H13FN2O3S. The molecule has 1 aromatic heterocycles. The Morgan fingerprint density at radius 1 is 1.25 bits per heavy atom. The van der Waals surface area contributed by atoms with Crippen LogP contribution < -0.4 is 4.90 Å². The molecule has 0 radical (unpaired) electrons. The normalized spacial score (nSPS) is 22.8. The van der Waals surface area contributed by atoms with Crippen molar-refractivity contribution in [3.8, 4) is 0 Å². The molecule has 0 bridgehead atoms. The summed E-state index contributed by atoms with van der Waals surface area (Å²) < 4.78 is 40.9. The molecule has 4 rings (SSSR count). The van der Waals surface area contributed by atoms with Gasteiger partial charge in [0.25, 0.3) is 6.01 Å². The summed E-state index contributed by atoms with van der Waals surface area (Å²) in [5, 5.41) is 0. The van der Waals surface area contributed by atoms with Crippen LogP contribution in [0.2, 0.25) is 0 Å². The zero-order chi connectivity index (χ0) is 13.9. The van der Waals surface area contributed by atoms with Crippen LogP contribution in [0, 0.1) is 17.7 Å². The highest BCUT2D eigenvalue weighted by Gasteiger charge is 2.44. The molecule has 5 nitrogen and oxygen atoms in total. The Morgan fingerprint density at radius 2 is 2.00 bits per heavy atom. The van der Waals surface area contributed by atoms with E-state index in [0.717, 1.165) is 13.1 Å². The molecule has 2 fully saturated rings. The number of nitrogens with zero attached hydrogens (tertiary/aromatic N) is 2. The zero-order valence-electron chi connectivity index (χ0n) is 10.6. The van der Waals surface area contributed by atoms with Gasteiger partial charge in [-0.3, -0.25) is 0 Å². The van der Waals surface area contributed by atoms with Crippen LogP contribution in [0.5, 0.6) is 0 Å². The fraction of sp³-hybridized carbons (Fsp3) is 0.462. The van der Waals surface area contributed by atoms with Crippen molar-refractivity contribution in [2.45, 2.75) is 0 Å². The first kappa shape index (κ1) is 12.1. The number of sulfone groups is 1. The Balaban J connectivity index is 1.47. The number of fused-ring (bicyclic) bond motifs is 1. The van der Waals surface area contributed by atoms with Crippen molar-refractivity contribution in [2.75, 3.05) is 29.5 Å².